The second kappa shape index (κ2) is 9.35. The van der Waals surface area contributed by atoms with Crippen LogP contribution in [0.4, 0.5) is 18.9 Å². The summed E-state index contributed by atoms with van der Waals surface area (Å²) in [7, 11) is 0. The van der Waals surface area contributed by atoms with Crippen molar-refractivity contribution in [3.05, 3.63) is 95.6 Å². The van der Waals surface area contributed by atoms with Gasteiger partial charge in [0.2, 0.25) is 0 Å². The molecule has 34 heavy (non-hydrogen) atoms. The van der Waals surface area contributed by atoms with Gasteiger partial charge < -0.3 is 10.1 Å². The topological polar surface area (TPSA) is 68.3 Å². The average molecular weight is 464 g/mol. The van der Waals surface area contributed by atoms with Crippen LogP contribution in [0.1, 0.15) is 21.5 Å². The second-order valence-electron chi connectivity index (χ2n) is 7.61. The van der Waals surface area contributed by atoms with Crippen molar-refractivity contribution in [2.24, 2.45) is 0 Å². The van der Waals surface area contributed by atoms with Crippen LogP contribution in [0.2, 0.25) is 0 Å². The van der Waals surface area contributed by atoms with Crippen molar-refractivity contribution in [2.75, 3.05) is 11.9 Å². The molecule has 1 aromatic heterocycles. The Morgan fingerprint density at radius 1 is 0.941 bits per heavy atom. The first-order chi connectivity index (χ1) is 16.2. The summed E-state index contributed by atoms with van der Waals surface area (Å²) < 4.78 is 44.6. The van der Waals surface area contributed by atoms with Crippen LogP contribution in [-0.4, -0.2) is 23.5 Å². The summed E-state index contributed by atoms with van der Waals surface area (Å²) in [5.74, 6) is -1.67. The first kappa shape index (κ1) is 23.0. The van der Waals surface area contributed by atoms with Gasteiger partial charge in [0.1, 0.15) is 0 Å². The van der Waals surface area contributed by atoms with Crippen molar-refractivity contribution < 1.29 is 27.5 Å². The number of hydrogen-bond donors (Lipinski definition) is 1. The molecule has 0 fully saturated rings. The molecule has 0 atom stereocenters. The number of aromatic nitrogens is 1. The first-order valence-corrected chi connectivity index (χ1v) is 10.3. The molecule has 0 unspecified atom stereocenters. The van der Waals surface area contributed by atoms with Crippen LogP contribution in [0, 0.1) is 6.92 Å². The van der Waals surface area contributed by atoms with Crippen molar-refractivity contribution in [3.8, 4) is 11.3 Å². The monoisotopic (exact) mass is 464 g/mol. The molecule has 4 rings (SSSR count). The lowest BCUT2D eigenvalue weighted by Gasteiger charge is -2.14. The molecule has 0 spiro atoms. The summed E-state index contributed by atoms with van der Waals surface area (Å²) in [6.07, 6.45) is -4.64. The van der Waals surface area contributed by atoms with Gasteiger partial charge in [-0.1, -0.05) is 60.2 Å². The van der Waals surface area contributed by atoms with E-state index in [2.05, 4.69) is 10.3 Å². The molecule has 8 heteroatoms. The number of aryl methyl sites for hydroxylation is 1. The Labute approximate surface area is 193 Å². The third kappa shape index (κ3) is 5.06. The number of alkyl halides is 3. The number of nitrogens with zero attached hydrogens (tertiary/aromatic N) is 1. The summed E-state index contributed by atoms with van der Waals surface area (Å²) in [4.78, 5) is 29.7. The van der Waals surface area contributed by atoms with Crippen LogP contribution >= 0.6 is 0 Å². The number of anilines is 1. The van der Waals surface area contributed by atoms with E-state index in [1.807, 2.05) is 31.2 Å². The zero-order valence-corrected chi connectivity index (χ0v) is 18.0. The number of hydrogen-bond acceptors (Lipinski definition) is 4. The zero-order chi connectivity index (χ0) is 24.3. The summed E-state index contributed by atoms with van der Waals surface area (Å²) in [6.45, 7) is 1.21. The molecule has 0 saturated carbocycles. The highest BCUT2D eigenvalue weighted by Crippen LogP contribution is 2.34. The summed E-state index contributed by atoms with van der Waals surface area (Å²) in [5, 5.41) is 2.69. The van der Waals surface area contributed by atoms with Crippen molar-refractivity contribution in [1.29, 1.82) is 0 Å². The van der Waals surface area contributed by atoms with Gasteiger partial charge in [-0.25, -0.2) is 9.78 Å². The fourth-order valence-corrected chi connectivity index (χ4v) is 3.45. The molecule has 1 amide bonds. The Morgan fingerprint density at radius 3 is 2.35 bits per heavy atom. The van der Waals surface area contributed by atoms with E-state index in [0.29, 0.717) is 16.6 Å². The van der Waals surface area contributed by atoms with Gasteiger partial charge in [0, 0.05) is 10.9 Å². The number of carbonyl (C=O) groups is 2. The lowest BCUT2D eigenvalue weighted by atomic mass is 10.0. The van der Waals surface area contributed by atoms with Gasteiger partial charge in [0.15, 0.2) is 6.61 Å². The quantitative estimate of drug-likeness (QED) is 0.367. The molecule has 0 bridgehead atoms. The number of carbonyl (C=O) groups excluding carboxylic acids is 2. The number of esters is 1. The van der Waals surface area contributed by atoms with Crippen LogP contribution in [0.15, 0.2) is 78.9 Å². The molecule has 1 N–H and O–H groups in total. The predicted molar refractivity (Wildman–Crippen MR) is 122 cm³/mol. The van der Waals surface area contributed by atoms with E-state index in [4.69, 9.17) is 4.74 Å². The van der Waals surface area contributed by atoms with Crippen molar-refractivity contribution in [1.82, 2.24) is 4.98 Å². The highest BCUT2D eigenvalue weighted by molar-refractivity contribution is 6.05. The van der Waals surface area contributed by atoms with Crippen molar-refractivity contribution >= 4 is 28.5 Å². The fourth-order valence-electron chi connectivity index (χ4n) is 3.45. The van der Waals surface area contributed by atoms with E-state index >= 15 is 0 Å². The number of rotatable bonds is 5. The summed E-state index contributed by atoms with van der Waals surface area (Å²) >= 11 is 0. The minimum absolute atomic E-state index is 0.199. The molecule has 3 aromatic carbocycles. The number of benzene rings is 3. The van der Waals surface area contributed by atoms with E-state index in [1.165, 1.54) is 12.1 Å². The Hall–Kier alpha value is -4.20. The number of fused-ring (bicyclic) bond motifs is 1. The van der Waals surface area contributed by atoms with Crippen LogP contribution in [0.25, 0.3) is 22.2 Å². The predicted octanol–water partition coefficient (Wildman–Crippen LogP) is 6.02. The summed E-state index contributed by atoms with van der Waals surface area (Å²) in [6, 6.07) is 20.8. The number of halogens is 3. The lowest BCUT2D eigenvalue weighted by molar-refractivity contribution is -0.137. The van der Waals surface area contributed by atoms with E-state index in [0.717, 1.165) is 23.3 Å². The van der Waals surface area contributed by atoms with Crippen LogP contribution in [0.5, 0.6) is 0 Å². The highest BCUT2D eigenvalue weighted by atomic mass is 19.4. The number of pyridine rings is 1. The van der Waals surface area contributed by atoms with Crippen LogP contribution in [-0.2, 0) is 15.7 Å². The normalized spacial score (nSPS) is 11.3. The van der Waals surface area contributed by atoms with E-state index < -0.39 is 35.9 Å². The van der Waals surface area contributed by atoms with Crippen LogP contribution in [0.3, 0.4) is 0 Å². The molecular weight excluding hydrogens is 445 g/mol. The number of ether oxygens (including phenoxy) is 1. The molecule has 0 aliphatic heterocycles. The Morgan fingerprint density at radius 2 is 1.62 bits per heavy atom. The van der Waals surface area contributed by atoms with E-state index in [1.54, 1.807) is 30.3 Å². The highest BCUT2D eigenvalue weighted by Gasteiger charge is 2.33. The summed E-state index contributed by atoms with van der Waals surface area (Å²) in [5.41, 5.74) is 1.79. The largest absolute Gasteiger partial charge is 0.452 e. The smallest absolute Gasteiger partial charge is 0.418 e. The zero-order valence-electron chi connectivity index (χ0n) is 18.0. The van der Waals surface area contributed by atoms with E-state index in [9.17, 15) is 22.8 Å². The maximum absolute atomic E-state index is 13.1. The van der Waals surface area contributed by atoms with Gasteiger partial charge in [-0.2, -0.15) is 13.2 Å². The average Bonchev–Trinajstić information content (AvgIpc) is 2.82. The van der Waals surface area contributed by atoms with Crippen LogP contribution < -0.4 is 5.32 Å². The standard InChI is InChI=1S/C26H19F3N2O3/c1-16-10-12-17(13-11-16)23-14-19(18-6-2-4-8-21(18)30-23)25(33)34-15-24(32)31-22-9-5-3-7-20(22)26(27,28)29/h2-14H,15H2,1H3,(H,31,32). The number of para-hydroxylation sites is 2. The van der Waals surface area contributed by atoms with Gasteiger partial charge in [0.25, 0.3) is 5.91 Å². The van der Waals surface area contributed by atoms with Gasteiger partial charge in [-0.3, -0.25) is 4.79 Å². The Bertz CT molecular complexity index is 1370. The minimum Gasteiger partial charge on any atom is -0.452 e. The third-order valence-electron chi connectivity index (χ3n) is 5.12. The molecule has 0 aliphatic carbocycles. The Balaban J connectivity index is 1.55. The van der Waals surface area contributed by atoms with Crippen molar-refractivity contribution in [2.45, 2.75) is 13.1 Å². The van der Waals surface area contributed by atoms with Crippen molar-refractivity contribution in [3.63, 3.8) is 0 Å². The molecule has 0 radical (unpaired) electrons. The maximum Gasteiger partial charge on any atom is 0.418 e. The minimum atomic E-state index is -4.64. The number of nitrogens with one attached hydrogen (secondary N) is 1. The SMILES string of the molecule is Cc1ccc(-c2cc(C(=O)OCC(=O)Nc3ccccc3C(F)(F)F)c3ccccc3n2)cc1. The third-order valence-corrected chi connectivity index (χ3v) is 5.12. The number of amides is 1. The van der Waals surface area contributed by atoms with Gasteiger partial charge in [-0.15, -0.1) is 0 Å². The molecule has 0 aliphatic rings. The Kier molecular flexibility index (Phi) is 6.32. The molecule has 0 saturated heterocycles. The molecule has 172 valence electrons. The molecule has 1 heterocycles. The molecular formula is C26H19F3N2O3. The molecule has 5 nitrogen and oxygen atoms in total. The molecule has 4 aromatic rings. The van der Waals surface area contributed by atoms with Gasteiger partial charge in [0.05, 0.1) is 28.0 Å². The first-order valence-electron chi connectivity index (χ1n) is 10.3. The second-order valence-corrected chi connectivity index (χ2v) is 7.61. The lowest BCUT2D eigenvalue weighted by Crippen LogP contribution is -2.23. The van der Waals surface area contributed by atoms with Gasteiger partial charge in [-0.05, 0) is 31.2 Å². The maximum atomic E-state index is 13.1. The fraction of sp³-hybridized carbons (Fsp3) is 0.115. The van der Waals surface area contributed by atoms with E-state index in [-0.39, 0.29) is 5.56 Å². The van der Waals surface area contributed by atoms with Gasteiger partial charge >= 0.3 is 12.1 Å².